The van der Waals surface area contributed by atoms with Crippen LogP contribution in [0.4, 0.5) is 5.13 Å². The van der Waals surface area contributed by atoms with Gasteiger partial charge in [0.25, 0.3) is 0 Å². The van der Waals surface area contributed by atoms with Crippen molar-refractivity contribution in [2.75, 3.05) is 58.9 Å². The maximum Gasteiger partial charge on any atom is 0.193 e. The monoisotopic (exact) mass is 417 g/mol. The molecular weight excluding hydrogens is 386 g/mol. The number of nitrogens with one attached hydrogen (secondary N) is 1. The third kappa shape index (κ3) is 6.25. The van der Waals surface area contributed by atoms with E-state index in [0.29, 0.717) is 6.61 Å². The molecule has 29 heavy (non-hydrogen) atoms. The number of hydrogen-bond acceptors (Lipinski definition) is 6. The molecule has 1 aromatic heterocycles. The second-order valence-corrected chi connectivity index (χ2v) is 7.82. The standard InChI is InChI=1S/C21H31N5O2S/c1-22-20(25(2)14-15-28-19-8-6-18(27-3)7-9-19)23-11-10-17-16-29-21(24-17)26-12-4-5-13-26/h6-9,16H,4-5,10-15H2,1-3H3,(H,22,23). The number of guanidine groups is 1. The fourth-order valence-electron chi connectivity index (χ4n) is 3.23. The summed E-state index contributed by atoms with van der Waals surface area (Å²) >= 11 is 1.75. The molecule has 0 saturated carbocycles. The number of likely N-dealkylation sites (N-methyl/N-ethyl adjacent to an activating group) is 1. The lowest BCUT2D eigenvalue weighted by Gasteiger charge is -2.22. The van der Waals surface area contributed by atoms with E-state index in [1.807, 2.05) is 31.3 Å². The fourth-order valence-corrected chi connectivity index (χ4v) is 4.14. The van der Waals surface area contributed by atoms with E-state index in [0.717, 1.165) is 60.9 Å². The van der Waals surface area contributed by atoms with Crippen LogP contribution in [0.5, 0.6) is 11.5 Å². The molecule has 1 N–H and O–H groups in total. The minimum Gasteiger partial charge on any atom is -0.497 e. The number of benzene rings is 1. The molecule has 3 rings (SSSR count). The molecule has 0 radical (unpaired) electrons. The molecule has 0 aliphatic carbocycles. The van der Waals surface area contributed by atoms with Crippen LogP contribution in [0, 0.1) is 0 Å². The van der Waals surface area contributed by atoms with E-state index >= 15 is 0 Å². The first-order valence-corrected chi connectivity index (χ1v) is 11.0. The summed E-state index contributed by atoms with van der Waals surface area (Å²) in [7, 11) is 5.48. The molecular formula is C21H31N5O2S. The summed E-state index contributed by atoms with van der Waals surface area (Å²) in [6.07, 6.45) is 3.45. The lowest BCUT2D eigenvalue weighted by molar-refractivity contribution is 0.281. The Kier molecular flexibility index (Phi) is 7.98. The van der Waals surface area contributed by atoms with E-state index in [1.54, 1.807) is 25.5 Å². The minimum absolute atomic E-state index is 0.578. The van der Waals surface area contributed by atoms with E-state index in [-0.39, 0.29) is 0 Å². The Hall–Kier alpha value is -2.48. The second-order valence-electron chi connectivity index (χ2n) is 6.99. The predicted octanol–water partition coefficient (Wildman–Crippen LogP) is 2.88. The highest BCUT2D eigenvalue weighted by atomic mass is 32.1. The van der Waals surface area contributed by atoms with Crippen LogP contribution in [-0.2, 0) is 6.42 Å². The molecule has 158 valence electrons. The van der Waals surface area contributed by atoms with E-state index < -0.39 is 0 Å². The first-order chi connectivity index (χ1) is 14.2. The molecule has 1 aliphatic heterocycles. The van der Waals surface area contributed by atoms with Crippen molar-refractivity contribution in [3.63, 3.8) is 0 Å². The summed E-state index contributed by atoms with van der Waals surface area (Å²) in [6.45, 7) is 4.40. The van der Waals surface area contributed by atoms with E-state index in [1.165, 1.54) is 12.8 Å². The number of anilines is 1. The molecule has 0 spiro atoms. The number of aliphatic imine (C=N–C) groups is 1. The molecule has 7 nitrogen and oxygen atoms in total. The summed E-state index contributed by atoms with van der Waals surface area (Å²) in [5.41, 5.74) is 1.14. The van der Waals surface area contributed by atoms with Gasteiger partial charge in [0.2, 0.25) is 0 Å². The number of ether oxygens (including phenoxy) is 2. The Morgan fingerprint density at radius 1 is 1.24 bits per heavy atom. The molecule has 0 unspecified atom stereocenters. The summed E-state index contributed by atoms with van der Waals surface area (Å²) in [6, 6.07) is 7.62. The molecule has 1 aromatic carbocycles. The lowest BCUT2D eigenvalue weighted by atomic mass is 10.3. The SMILES string of the molecule is CN=C(NCCc1csc(N2CCCC2)n1)N(C)CCOc1ccc(OC)cc1. The highest BCUT2D eigenvalue weighted by Crippen LogP contribution is 2.24. The topological polar surface area (TPSA) is 62.2 Å². The fraction of sp³-hybridized carbons (Fsp3) is 0.524. The molecule has 0 amide bonds. The number of thiazole rings is 1. The minimum atomic E-state index is 0.578. The number of nitrogens with zero attached hydrogens (tertiary/aromatic N) is 4. The molecule has 1 aliphatic rings. The zero-order valence-corrected chi connectivity index (χ0v) is 18.4. The third-order valence-corrected chi connectivity index (χ3v) is 5.86. The zero-order chi connectivity index (χ0) is 20.5. The third-order valence-electron chi connectivity index (χ3n) is 4.91. The van der Waals surface area contributed by atoms with Gasteiger partial charge in [-0.2, -0.15) is 0 Å². The van der Waals surface area contributed by atoms with Crippen LogP contribution in [0.3, 0.4) is 0 Å². The van der Waals surface area contributed by atoms with Crippen molar-refractivity contribution >= 4 is 22.4 Å². The summed E-state index contributed by atoms with van der Waals surface area (Å²) < 4.78 is 11.0. The van der Waals surface area contributed by atoms with Gasteiger partial charge in [0.15, 0.2) is 11.1 Å². The zero-order valence-electron chi connectivity index (χ0n) is 17.6. The average molecular weight is 418 g/mol. The van der Waals surface area contributed by atoms with Crippen LogP contribution in [0.2, 0.25) is 0 Å². The Balaban J connectivity index is 1.37. The lowest BCUT2D eigenvalue weighted by Crippen LogP contribution is -2.41. The predicted molar refractivity (Wildman–Crippen MR) is 120 cm³/mol. The van der Waals surface area contributed by atoms with Crippen molar-refractivity contribution in [3.8, 4) is 11.5 Å². The van der Waals surface area contributed by atoms with Crippen molar-refractivity contribution in [1.82, 2.24) is 15.2 Å². The van der Waals surface area contributed by atoms with Gasteiger partial charge in [-0.15, -0.1) is 11.3 Å². The summed E-state index contributed by atoms with van der Waals surface area (Å²) in [5, 5.41) is 6.75. The van der Waals surface area contributed by atoms with E-state index in [4.69, 9.17) is 14.5 Å². The Labute approximate surface area is 177 Å². The number of hydrogen-bond donors (Lipinski definition) is 1. The van der Waals surface area contributed by atoms with Crippen molar-refractivity contribution in [3.05, 3.63) is 35.3 Å². The highest BCUT2D eigenvalue weighted by molar-refractivity contribution is 7.13. The van der Waals surface area contributed by atoms with Gasteiger partial charge in [0, 0.05) is 45.5 Å². The highest BCUT2D eigenvalue weighted by Gasteiger charge is 2.15. The largest absolute Gasteiger partial charge is 0.497 e. The maximum absolute atomic E-state index is 5.80. The van der Waals surface area contributed by atoms with Gasteiger partial charge in [0.1, 0.15) is 18.1 Å². The molecule has 1 fully saturated rings. The van der Waals surface area contributed by atoms with E-state index in [9.17, 15) is 0 Å². The van der Waals surface area contributed by atoms with Gasteiger partial charge in [-0.1, -0.05) is 0 Å². The summed E-state index contributed by atoms with van der Waals surface area (Å²) in [4.78, 5) is 13.6. The van der Waals surface area contributed by atoms with Crippen molar-refractivity contribution in [2.45, 2.75) is 19.3 Å². The van der Waals surface area contributed by atoms with Gasteiger partial charge in [-0.25, -0.2) is 4.98 Å². The molecule has 2 aromatic rings. The van der Waals surface area contributed by atoms with Crippen LogP contribution >= 0.6 is 11.3 Å². The first kappa shape index (κ1) is 21.2. The number of rotatable bonds is 9. The smallest absolute Gasteiger partial charge is 0.193 e. The van der Waals surface area contributed by atoms with Gasteiger partial charge in [-0.3, -0.25) is 4.99 Å². The van der Waals surface area contributed by atoms with Gasteiger partial charge >= 0.3 is 0 Å². The normalized spacial score (nSPS) is 14.2. The van der Waals surface area contributed by atoms with Gasteiger partial charge < -0.3 is 24.6 Å². The number of aromatic nitrogens is 1. The average Bonchev–Trinajstić information content (AvgIpc) is 3.43. The van der Waals surface area contributed by atoms with Gasteiger partial charge in [-0.05, 0) is 37.1 Å². The second kappa shape index (κ2) is 10.9. The van der Waals surface area contributed by atoms with Crippen LogP contribution in [0.25, 0.3) is 0 Å². The molecule has 0 bridgehead atoms. The Bertz CT molecular complexity index is 772. The van der Waals surface area contributed by atoms with Crippen LogP contribution in [0.1, 0.15) is 18.5 Å². The molecule has 0 atom stereocenters. The maximum atomic E-state index is 5.80. The van der Waals surface area contributed by atoms with Gasteiger partial charge in [0.05, 0.1) is 19.3 Å². The van der Waals surface area contributed by atoms with Crippen LogP contribution < -0.4 is 19.7 Å². The van der Waals surface area contributed by atoms with Crippen molar-refractivity contribution < 1.29 is 9.47 Å². The molecule has 8 heteroatoms. The molecule has 2 heterocycles. The van der Waals surface area contributed by atoms with Crippen LogP contribution in [0.15, 0.2) is 34.6 Å². The quantitative estimate of drug-likeness (QED) is 0.500. The molecule has 1 saturated heterocycles. The summed E-state index contributed by atoms with van der Waals surface area (Å²) in [5.74, 6) is 2.52. The first-order valence-electron chi connectivity index (χ1n) is 10.1. The Morgan fingerprint density at radius 3 is 2.66 bits per heavy atom. The van der Waals surface area contributed by atoms with E-state index in [2.05, 4.69) is 25.5 Å². The Morgan fingerprint density at radius 2 is 1.97 bits per heavy atom. The van der Waals surface area contributed by atoms with Crippen molar-refractivity contribution in [1.29, 1.82) is 0 Å². The van der Waals surface area contributed by atoms with Crippen LogP contribution in [-0.4, -0.2) is 69.8 Å². The number of methoxy groups -OCH3 is 1. The van der Waals surface area contributed by atoms with Crippen molar-refractivity contribution in [2.24, 2.45) is 4.99 Å².